The Balaban J connectivity index is 1.58. The molecule has 0 aliphatic carbocycles. The summed E-state index contributed by atoms with van der Waals surface area (Å²) in [7, 11) is 0. The van der Waals surface area contributed by atoms with Gasteiger partial charge in [0.05, 0.1) is 22.1 Å². The van der Waals surface area contributed by atoms with Crippen molar-refractivity contribution in [2.75, 3.05) is 5.32 Å². The van der Waals surface area contributed by atoms with Crippen LogP contribution in [0.1, 0.15) is 12.6 Å². The molecule has 3 aromatic rings. The van der Waals surface area contributed by atoms with Crippen LogP contribution in [0.25, 0.3) is 10.2 Å². The minimum Gasteiger partial charge on any atom is -0.350 e. The van der Waals surface area contributed by atoms with Crippen LogP contribution in [0.15, 0.2) is 53.8 Å². The second-order valence-corrected chi connectivity index (χ2v) is 5.87. The molecule has 0 saturated carbocycles. The fourth-order valence-electron chi connectivity index (χ4n) is 1.90. The standard InChI is InChI=1S/C16H15N5OS/c1-11(15(22)21-18-10-12-6-4-5-9-17-12)19-16-20-13-7-2-3-8-14(13)23-16/h2-11H,1H3,(H,19,20)(H,21,22)/b18-10-/t11-/m0/s1. The van der Waals surface area contributed by atoms with Crippen molar-refractivity contribution in [3.63, 3.8) is 0 Å². The van der Waals surface area contributed by atoms with E-state index in [1.807, 2.05) is 36.4 Å². The maximum atomic E-state index is 12.0. The highest BCUT2D eigenvalue weighted by atomic mass is 32.1. The van der Waals surface area contributed by atoms with E-state index < -0.39 is 6.04 Å². The molecular formula is C16H15N5OS. The molecule has 116 valence electrons. The molecule has 0 saturated heterocycles. The Morgan fingerprint density at radius 3 is 2.87 bits per heavy atom. The summed E-state index contributed by atoms with van der Waals surface area (Å²) in [5.41, 5.74) is 4.09. The number of nitrogens with one attached hydrogen (secondary N) is 2. The number of anilines is 1. The van der Waals surface area contributed by atoms with E-state index in [4.69, 9.17) is 0 Å². The predicted octanol–water partition coefficient (Wildman–Crippen LogP) is 2.64. The number of rotatable bonds is 5. The molecule has 0 aliphatic heterocycles. The smallest absolute Gasteiger partial charge is 0.262 e. The van der Waals surface area contributed by atoms with E-state index in [0.717, 1.165) is 10.2 Å². The molecule has 0 radical (unpaired) electrons. The molecule has 1 amide bonds. The Labute approximate surface area is 137 Å². The van der Waals surface area contributed by atoms with Crippen LogP contribution in [-0.4, -0.2) is 28.1 Å². The molecule has 0 fully saturated rings. The van der Waals surface area contributed by atoms with Crippen LogP contribution in [0.4, 0.5) is 5.13 Å². The molecule has 0 aliphatic rings. The first-order valence-corrected chi connectivity index (χ1v) is 7.90. The first kappa shape index (κ1) is 15.1. The number of fused-ring (bicyclic) bond motifs is 1. The lowest BCUT2D eigenvalue weighted by molar-refractivity contribution is -0.121. The van der Waals surface area contributed by atoms with Crippen molar-refractivity contribution in [3.05, 3.63) is 54.4 Å². The molecule has 2 N–H and O–H groups in total. The average Bonchev–Trinajstić information content (AvgIpc) is 2.98. The van der Waals surface area contributed by atoms with E-state index in [-0.39, 0.29) is 5.91 Å². The minimum atomic E-state index is -0.448. The molecule has 3 rings (SSSR count). The Kier molecular flexibility index (Phi) is 4.58. The van der Waals surface area contributed by atoms with Crippen molar-refractivity contribution in [2.24, 2.45) is 5.10 Å². The van der Waals surface area contributed by atoms with Gasteiger partial charge in [0.2, 0.25) is 0 Å². The zero-order valence-electron chi connectivity index (χ0n) is 12.4. The van der Waals surface area contributed by atoms with Gasteiger partial charge < -0.3 is 5.32 Å². The van der Waals surface area contributed by atoms with Gasteiger partial charge in [-0.3, -0.25) is 9.78 Å². The number of amides is 1. The highest BCUT2D eigenvalue weighted by Crippen LogP contribution is 2.25. The summed E-state index contributed by atoms with van der Waals surface area (Å²) in [5, 5.41) is 7.70. The molecule has 2 heterocycles. The number of aromatic nitrogens is 2. The summed E-state index contributed by atoms with van der Waals surface area (Å²) in [5.74, 6) is -0.239. The zero-order valence-corrected chi connectivity index (χ0v) is 13.2. The third-order valence-corrected chi connectivity index (χ3v) is 4.05. The molecule has 23 heavy (non-hydrogen) atoms. The first-order chi connectivity index (χ1) is 11.2. The Morgan fingerprint density at radius 1 is 1.26 bits per heavy atom. The van der Waals surface area contributed by atoms with Crippen LogP contribution in [-0.2, 0) is 4.79 Å². The summed E-state index contributed by atoms with van der Waals surface area (Å²) < 4.78 is 1.08. The fraction of sp³-hybridized carbons (Fsp3) is 0.125. The number of nitrogens with zero attached hydrogens (tertiary/aromatic N) is 3. The topological polar surface area (TPSA) is 79.3 Å². The lowest BCUT2D eigenvalue weighted by atomic mass is 10.3. The zero-order chi connectivity index (χ0) is 16.1. The summed E-state index contributed by atoms with van der Waals surface area (Å²) in [4.78, 5) is 20.6. The molecule has 0 unspecified atom stereocenters. The fourth-order valence-corrected chi connectivity index (χ4v) is 2.85. The van der Waals surface area contributed by atoms with E-state index in [9.17, 15) is 4.79 Å². The van der Waals surface area contributed by atoms with Gasteiger partial charge in [-0.1, -0.05) is 29.5 Å². The van der Waals surface area contributed by atoms with E-state index in [1.54, 1.807) is 19.2 Å². The predicted molar refractivity (Wildman–Crippen MR) is 92.7 cm³/mol. The number of hydrogen-bond donors (Lipinski definition) is 2. The van der Waals surface area contributed by atoms with Gasteiger partial charge in [-0.15, -0.1) is 0 Å². The van der Waals surface area contributed by atoms with Crippen molar-refractivity contribution in [1.82, 2.24) is 15.4 Å². The van der Waals surface area contributed by atoms with E-state index in [0.29, 0.717) is 10.8 Å². The average molecular weight is 325 g/mol. The van der Waals surface area contributed by atoms with Crippen molar-refractivity contribution < 1.29 is 4.79 Å². The molecule has 7 heteroatoms. The summed E-state index contributed by atoms with van der Waals surface area (Å²) >= 11 is 1.51. The third-order valence-electron chi connectivity index (χ3n) is 3.09. The number of carbonyl (C=O) groups excluding carboxylic acids is 1. The van der Waals surface area contributed by atoms with Crippen molar-refractivity contribution in [3.8, 4) is 0 Å². The van der Waals surface area contributed by atoms with Crippen LogP contribution >= 0.6 is 11.3 Å². The Hall–Kier alpha value is -2.80. The number of thiazole rings is 1. The molecular weight excluding hydrogens is 310 g/mol. The van der Waals surface area contributed by atoms with Gasteiger partial charge in [-0.2, -0.15) is 5.10 Å². The van der Waals surface area contributed by atoms with E-state index >= 15 is 0 Å². The number of carbonyl (C=O) groups is 1. The van der Waals surface area contributed by atoms with Crippen LogP contribution in [0.3, 0.4) is 0 Å². The summed E-state index contributed by atoms with van der Waals surface area (Å²) in [6.45, 7) is 1.76. The molecule has 1 atom stereocenters. The number of hydrogen-bond acceptors (Lipinski definition) is 6. The number of benzene rings is 1. The molecule has 0 bridgehead atoms. The van der Waals surface area contributed by atoms with E-state index in [1.165, 1.54) is 17.6 Å². The SMILES string of the molecule is C[C@H](Nc1nc2ccccc2s1)C(=O)N/N=C\c1ccccn1. The summed E-state index contributed by atoms with van der Waals surface area (Å²) in [6.07, 6.45) is 3.17. The largest absolute Gasteiger partial charge is 0.350 e. The van der Waals surface area contributed by atoms with Crippen LogP contribution in [0, 0.1) is 0 Å². The van der Waals surface area contributed by atoms with Crippen LogP contribution < -0.4 is 10.7 Å². The number of para-hydroxylation sites is 1. The van der Waals surface area contributed by atoms with Gasteiger partial charge in [0.1, 0.15) is 6.04 Å². The van der Waals surface area contributed by atoms with Crippen molar-refractivity contribution >= 4 is 38.8 Å². The number of pyridine rings is 1. The van der Waals surface area contributed by atoms with E-state index in [2.05, 4.69) is 25.8 Å². The molecule has 2 aromatic heterocycles. The van der Waals surface area contributed by atoms with Gasteiger partial charge in [0, 0.05) is 6.20 Å². The maximum absolute atomic E-state index is 12.0. The minimum absolute atomic E-state index is 0.239. The summed E-state index contributed by atoms with van der Waals surface area (Å²) in [6, 6.07) is 12.9. The van der Waals surface area contributed by atoms with Gasteiger partial charge in [-0.25, -0.2) is 10.4 Å². The van der Waals surface area contributed by atoms with Gasteiger partial charge in [-0.05, 0) is 31.2 Å². The normalized spacial score (nSPS) is 12.4. The maximum Gasteiger partial charge on any atom is 0.262 e. The lowest BCUT2D eigenvalue weighted by Gasteiger charge is -2.10. The quantitative estimate of drug-likeness (QED) is 0.558. The van der Waals surface area contributed by atoms with Gasteiger partial charge in [0.25, 0.3) is 5.91 Å². The van der Waals surface area contributed by atoms with Gasteiger partial charge >= 0.3 is 0 Å². The second kappa shape index (κ2) is 6.97. The highest BCUT2D eigenvalue weighted by Gasteiger charge is 2.13. The van der Waals surface area contributed by atoms with Crippen molar-refractivity contribution in [2.45, 2.75) is 13.0 Å². The molecule has 1 aromatic carbocycles. The Morgan fingerprint density at radius 2 is 2.09 bits per heavy atom. The third kappa shape index (κ3) is 3.89. The molecule has 0 spiro atoms. The van der Waals surface area contributed by atoms with Gasteiger partial charge in [0.15, 0.2) is 5.13 Å². The monoisotopic (exact) mass is 325 g/mol. The first-order valence-electron chi connectivity index (χ1n) is 7.08. The second-order valence-electron chi connectivity index (χ2n) is 4.84. The Bertz CT molecular complexity index is 798. The van der Waals surface area contributed by atoms with Crippen LogP contribution in [0.2, 0.25) is 0 Å². The van der Waals surface area contributed by atoms with Crippen molar-refractivity contribution in [1.29, 1.82) is 0 Å². The molecule has 6 nitrogen and oxygen atoms in total. The lowest BCUT2D eigenvalue weighted by Crippen LogP contribution is -2.34. The number of hydrazone groups is 1. The highest BCUT2D eigenvalue weighted by molar-refractivity contribution is 7.22. The van der Waals surface area contributed by atoms with Crippen LogP contribution in [0.5, 0.6) is 0 Å².